The molecule has 0 aliphatic carbocycles. The molecule has 1 heterocycles. The Morgan fingerprint density at radius 2 is 1.89 bits per heavy atom. The molecule has 0 spiro atoms. The molecule has 2 rings (SSSR count). The average molecular weight is 258 g/mol. The van der Waals surface area contributed by atoms with Gasteiger partial charge in [0.25, 0.3) is 0 Å². The van der Waals surface area contributed by atoms with E-state index >= 15 is 0 Å². The Bertz CT molecular complexity index is 717. The van der Waals surface area contributed by atoms with Crippen molar-refractivity contribution >= 4 is 5.97 Å². The summed E-state index contributed by atoms with van der Waals surface area (Å²) in [6.07, 6.45) is 1.55. The largest absolute Gasteiger partial charge is 0.476 e. The van der Waals surface area contributed by atoms with Gasteiger partial charge in [0.05, 0.1) is 5.69 Å². The molecule has 19 heavy (non-hydrogen) atoms. The maximum Gasteiger partial charge on any atom is 0.360 e. The number of hydrogen-bond acceptors (Lipinski definition) is 3. The quantitative estimate of drug-likeness (QED) is 0.892. The van der Waals surface area contributed by atoms with E-state index in [1.54, 1.807) is 13.1 Å². The first-order valence-electron chi connectivity index (χ1n) is 5.81. The van der Waals surface area contributed by atoms with Gasteiger partial charge in [0.1, 0.15) is 0 Å². The van der Waals surface area contributed by atoms with Gasteiger partial charge in [0.15, 0.2) is 0 Å². The predicted octanol–water partition coefficient (Wildman–Crippen LogP) is 1.86. The lowest BCUT2D eigenvalue weighted by molar-refractivity contribution is 0.0686. The van der Waals surface area contributed by atoms with Gasteiger partial charge < -0.3 is 5.11 Å². The van der Waals surface area contributed by atoms with Crippen molar-refractivity contribution in [3.8, 4) is 5.69 Å². The van der Waals surface area contributed by atoms with Crippen molar-refractivity contribution in [1.82, 2.24) is 9.78 Å². The van der Waals surface area contributed by atoms with Crippen LogP contribution < -0.4 is 5.43 Å². The van der Waals surface area contributed by atoms with Crippen molar-refractivity contribution in [3.05, 3.63) is 57.0 Å². The van der Waals surface area contributed by atoms with Gasteiger partial charge in [-0.2, -0.15) is 5.10 Å². The van der Waals surface area contributed by atoms with Crippen molar-refractivity contribution in [1.29, 1.82) is 0 Å². The normalized spacial score (nSPS) is 10.5. The summed E-state index contributed by atoms with van der Waals surface area (Å²) in [5, 5.41) is 12.9. The van der Waals surface area contributed by atoms with Crippen LogP contribution in [0, 0.1) is 20.8 Å². The van der Waals surface area contributed by atoms with Gasteiger partial charge in [-0.3, -0.25) is 4.79 Å². The summed E-state index contributed by atoms with van der Waals surface area (Å²) in [5.41, 5.74) is 2.18. The summed E-state index contributed by atoms with van der Waals surface area (Å²) in [6.45, 7) is 5.47. The average Bonchev–Trinajstić information content (AvgIpc) is 2.32. The van der Waals surface area contributed by atoms with Crippen molar-refractivity contribution in [2.75, 3.05) is 0 Å². The molecule has 98 valence electrons. The minimum Gasteiger partial charge on any atom is -0.476 e. The molecule has 0 saturated carbocycles. The van der Waals surface area contributed by atoms with Crippen LogP contribution in [0.4, 0.5) is 0 Å². The molecule has 1 N–H and O–H groups in total. The molecule has 0 atom stereocenters. The Morgan fingerprint density at radius 1 is 1.21 bits per heavy atom. The molecule has 2 aromatic rings. The molecule has 0 aliphatic rings. The van der Waals surface area contributed by atoms with Crippen molar-refractivity contribution in [2.24, 2.45) is 0 Å². The van der Waals surface area contributed by atoms with E-state index in [2.05, 4.69) is 5.10 Å². The van der Waals surface area contributed by atoms with E-state index in [-0.39, 0.29) is 0 Å². The van der Waals surface area contributed by atoms with E-state index in [0.29, 0.717) is 5.56 Å². The number of aromatic carboxylic acids is 1. The Kier molecular flexibility index (Phi) is 3.21. The van der Waals surface area contributed by atoms with Gasteiger partial charge in [-0.15, -0.1) is 0 Å². The third-order valence-corrected chi connectivity index (χ3v) is 2.90. The topological polar surface area (TPSA) is 72.2 Å². The van der Waals surface area contributed by atoms with Crippen LogP contribution in [0.15, 0.2) is 29.2 Å². The van der Waals surface area contributed by atoms with Crippen LogP contribution in [-0.4, -0.2) is 20.9 Å². The van der Waals surface area contributed by atoms with Crippen molar-refractivity contribution in [3.63, 3.8) is 0 Å². The van der Waals surface area contributed by atoms with E-state index in [1.807, 2.05) is 32.0 Å². The Labute approximate surface area is 110 Å². The first-order valence-corrected chi connectivity index (χ1v) is 5.81. The van der Waals surface area contributed by atoms with Crippen molar-refractivity contribution in [2.45, 2.75) is 20.8 Å². The maximum absolute atomic E-state index is 11.7. The fraction of sp³-hybridized carbons (Fsp3) is 0.214. The molecule has 5 heteroatoms. The summed E-state index contributed by atoms with van der Waals surface area (Å²) in [7, 11) is 0. The van der Waals surface area contributed by atoms with Gasteiger partial charge in [0.2, 0.25) is 11.1 Å². The lowest BCUT2D eigenvalue weighted by Gasteiger charge is -2.11. The van der Waals surface area contributed by atoms with Gasteiger partial charge in [0, 0.05) is 11.8 Å². The number of benzene rings is 1. The molecule has 1 aromatic heterocycles. The number of hydrogen-bond donors (Lipinski definition) is 1. The maximum atomic E-state index is 11.7. The summed E-state index contributed by atoms with van der Waals surface area (Å²) in [6, 6.07) is 5.75. The Hall–Kier alpha value is -2.43. The van der Waals surface area contributed by atoms with E-state index < -0.39 is 17.1 Å². The van der Waals surface area contributed by atoms with Crippen LogP contribution in [0.3, 0.4) is 0 Å². The molecular weight excluding hydrogens is 244 g/mol. The molecule has 0 bridgehead atoms. The van der Waals surface area contributed by atoms with Gasteiger partial charge in [-0.05, 0) is 32.4 Å². The zero-order chi connectivity index (χ0) is 14.2. The zero-order valence-electron chi connectivity index (χ0n) is 11.0. The number of nitrogens with zero attached hydrogens (tertiary/aromatic N) is 2. The minimum absolute atomic E-state index is 0.354. The van der Waals surface area contributed by atoms with Crippen LogP contribution in [0.2, 0.25) is 0 Å². The lowest BCUT2D eigenvalue weighted by atomic mass is 10.1. The van der Waals surface area contributed by atoms with Crippen LogP contribution in [0.5, 0.6) is 0 Å². The molecular formula is C14H14N2O3. The second-order valence-electron chi connectivity index (χ2n) is 4.53. The monoisotopic (exact) mass is 258 g/mol. The number of aromatic nitrogens is 2. The highest BCUT2D eigenvalue weighted by Gasteiger charge is 2.14. The van der Waals surface area contributed by atoms with Gasteiger partial charge >= 0.3 is 5.97 Å². The summed E-state index contributed by atoms with van der Waals surface area (Å²) in [5.74, 6) is -1.31. The number of carboxylic acids is 1. The lowest BCUT2D eigenvalue weighted by Crippen LogP contribution is -2.23. The van der Waals surface area contributed by atoms with Crippen LogP contribution in [0.1, 0.15) is 27.2 Å². The smallest absolute Gasteiger partial charge is 0.360 e. The Morgan fingerprint density at radius 3 is 2.47 bits per heavy atom. The summed E-state index contributed by atoms with van der Waals surface area (Å²) in [4.78, 5) is 22.7. The second kappa shape index (κ2) is 4.68. The van der Waals surface area contributed by atoms with E-state index in [1.165, 1.54) is 4.68 Å². The third-order valence-electron chi connectivity index (χ3n) is 2.90. The van der Waals surface area contributed by atoms with E-state index in [0.717, 1.165) is 16.8 Å². The van der Waals surface area contributed by atoms with Gasteiger partial charge in [-0.1, -0.05) is 17.7 Å². The highest BCUT2D eigenvalue weighted by molar-refractivity contribution is 5.85. The third kappa shape index (κ3) is 2.40. The highest BCUT2D eigenvalue weighted by atomic mass is 16.4. The fourth-order valence-electron chi connectivity index (χ4n) is 1.94. The molecule has 1 aromatic carbocycles. The standard InChI is InChI=1S/C14H14N2O3/c1-8-4-5-11(9(2)6-8)16-7-10(3)13(17)12(15-16)14(18)19/h4-7H,1-3H3,(H,18,19). The number of aryl methyl sites for hydroxylation is 3. The van der Waals surface area contributed by atoms with Crippen LogP contribution in [-0.2, 0) is 0 Å². The summed E-state index contributed by atoms with van der Waals surface area (Å²) >= 11 is 0. The summed E-state index contributed by atoms with van der Waals surface area (Å²) < 4.78 is 1.44. The molecule has 0 unspecified atom stereocenters. The molecule has 0 saturated heterocycles. The SMILES string of the molecule is Cc1ccc(-n2cc(C)c(=O)c(C(=O)O)n2)c(C)c1. The number of carbonyl (C=O) groups is 1. The van der Waals surface area contributed by atoms with Gasteiger partial charge in [-0.25, -0.2) is 9.48 Å². The van der Waals surface area contributed by atoms with E-state index in [9.17, 15) is 9.59 Å². The molecule has 0 fully saturated rings. The zero-order valence-corrected chi connectivity index (χ0v) is 11.0. The molecule has 5 nitrogen and oxygen atoms in total. The number of carboxylic acid groups (broad SMARTS) is 1. The predicted molar refractivity (Wildman–Crippen MR) is 71.0 cm³/mol. The minimum atomic E-state index is -1.31. The molecule has 0 radical (unpaired) electrons. The highest BCUT2D eigenvalue weighted by Crippen LogP contribution is 2.14. The molecule has 0 aliphatic heterocycles. The number of rotatable bonds is 2. The van der Waals surface area contributed by atoms with Crippen molar-refractivity contribution < 1.29 is 9.90 Å². The van der Waals surface area contributed by atoms with Crippen LogP contribution in [0.25, 0.3) is 5.69 Å². The first-order chi connectivity index (χ1) is 8.90. The molecule has 0 amide bonds. The fourth-order valence-corrected chi connectivity index (χ4v) is 1.94. The van der Waals surface area contributed by atoms with Crippen LogP contribution >= 0.6 is 0 Å². The Balaban J connectivity index is 2.70. The first kappa shape index (κ1) is 13.0. The second-order valence-corrected chi connectivity index (χ2v) is 4.53. The van der Waals surface area contributed by atoms with E-state index in [4.69, 9.17) is 5.11 Å².